The molecule has 1 aromatic rings. The van der Waals surface area contributed by atoms with E-state index in [1.54, 1.807) is 0 Å². The first-order chi connectivity index (χ1) is 8.49. The van der Waals surface area contributed by atoms with Crippen molar-refractivity contribution in [2.75, 3.05) is 11.4 Å². The largest absolute Gasteiger partial charge is 0.368 e. The molecule has 0 bridgehead atoms. The second-order valence-electron chi connectivity index (χ2n) is 6.09. The fourth-order valence-electron chi connectivity index (χ4n) is 3.03. The van der Waals surface area contributed by atoms with E-state index in [0.29, 0.717) is 6.04 Å². The van der Waals surface area contributed by atoms with Gasteiger partial charge >= 0.3 is 0 Å². The van der Waals surface area contributed by atoms with Crippen LogP contribution in [-0.4, -0.2) is 12.6 Å². The average Bonchev–Trinajstić information content (AvgIpc) is 2.34. The maximum Gasteiger partial charge on any atom is 0.0369 e. The summed E-state index contributed by atoms with van der Waals surface area (Å²) in [5.74, 6) is 1.55. The van der Waals surface area contributed by atoms with Gasteiger partial charge in [-0.1, -0.05) is 26.0 Å². The Balaban J connectivity index is 2.19. The number of nitrogens with two attached hydrogens (primary N) is 1. The van der Waals surface area contributed by atoms with Crippen LogP contribution in [0.15, 0.2) is 24.3 Å². The van der Waals surface area contributed by atoms with Crippen LogP contribution in [-0.2, 0) is 0 Å². The molecule has 4 atom stereocenters. The van der Waals surface area contributed by atoms with E-state index in [-0.39, 0.29) is 6.04 Å². The maximum absolute atomic E-state index is 5.90. The van der Waals surface area contributed by atoms with E-state index >= 15 is 0 Å². The van der Waals surface area contributed by atoms with Crippen molar-refractivity contribution < 1.29 is 0 Å². The van der Waals surface area contributed by atoms with Gasteiger partial charge in [-0.25, -0.2) is 0 Å². The highest BCUT2D eigenvalue weighted by Gasteiger charge is 2.28. The van der Waals surface area contributed by atoms with E-state index in [0.717, 1.165) is 11.8 Å². The van der Waals surface area contributed by atoms with Gasteiger partial charge in [0.05, 0.1) is 0 Å². The van der Waals surface area contributed by atoms with Gasteiger partial charge in [-0.2, -0.15) is 0 Å². The predicted molar refractivity (Wildman–Crippen MR) is 78.8 cm³/mol. The third-order valence-electron chi connectivity index (χ3n) is 4.35. The van der Waals surface area contributed by atoms with Gasteiger partial charge in [0.2, 0.25) is 0 Å². The first-order valence-corrected chi connectivity index (χ1v) is 7.11. The summed E-state index contributed by atoms with van der Waals surface area (Å²) in [6.07, 6.45) is 1.34. The van der Waals surface area contributed by atoms with Crippen LogP contribution >= 0.6 is 0 Å². The summed E-state index contributed by atoms with van der Waals surface area (Å²) < 4.78 is 0. The number of nitrogens with zero attached hydrogens (tertiary/aromatic N) is 1. The van der Waals surface area contributed by atoms with Gasteiger partial charge in [-0.3, -0.25) is 0 Å². The molecule has 1 aliphatic rings. The molecule has 2 nitrogen and oxygen atoms in total. The summed E-state index contributed by atoms with van der Waals surface area (Å²) in [5, 5.41) is 0. The Labute approximate surface area is 111 Å². The Morgan fingerprint density at radius 2 is 1.78 bits per heavy atom. The Bertz CT molecular complexity index is 383. The van der Waals surface area contributed by atoms with E-state index in [1.807, 2.05) is 6.92 Å². The molecule has 100 valence electrons. The molecule has 0 amide bonds. The van der Waals surface area contributed by atoms with E-state index < -0.39 is 0 Å². The second kappa shape index (κ2) is 5.31. The van der Waals surface area contributed by atoms with E-state index in [1.165, 1.54) is 24.2 Å². The summed E-state index contributed by atoms with van der Waals surface area (Å²) in [6, 6.07) is 9.52. The van der Waals surface area contributed by atoms with Crippen molar-refractivity contribution in [1.29, 1.82) is 0 Å². The number of hydrogen-bond acceptors (Lipinski definition) is 2. The molecule has 0 radical (unpaired) electrons. The highest BCUT2D eigenvalue weighted by Crippen LogP contribution is 2.31. The quantitative estimate of drug-likeness (QED) is 0.864. The van der Waals surface area contributed by atoms with Gasteiger partial charge in [0, 0.05) is 24.3 Å². The minimum atomic E-state index is 0.121. The highest BCUT2D eigenvalue weighted by atomic mass is 15.2. The Morgan fingerprint density at radius 3 is 2.33 bits per heavy atom. The van der Waals surface area contributed by atoms with Crippen LogP contribution in [0.25, 0.3) is 0 Å². The van der Waals surface area contributed by atoms with Crippen LogP contribution in [0, 0.1) is 11.8 Å². The monoisotopic (exact) mass is 246 g/mol. The third kappa shape index (κ3) is 2.69. The lowest BCUT2D eigenvalue weighted by atomic mass is 9.85. The van der Waals surface area contributed by atoms with E-state index in [4.69, 9.17) is 5.73 Å². The number of rotatable bonds is 2. The summed E-state index contributed by atoms with van der Waals surface area (Å²) in [5.41, 5.74) is 8.45. The van der Waals surface area contributed by atoms with Gasteiger partial charge in [0.1, 0.15) is 0 Å². The zero-order chi connectivity index (χ0) is 13.3. The predicted octanol–water partition coefficient (Wildman–Crippen LogP) is 3.58. The fourth-order valence-corrected chi connectivity index (χ4v) is 3.03. The fraction of sp³-hybridized carbons (Fsp3) is 0.625. The molecule has 0 saturated carbocycles. The summed E-state index contributed by atoms with van der Waals surface area (Å²) >= 11 is 0. The van der Waals surface area contributed by atoms with Crippen molar-refractivity contribution >= 4 is 5.69 Å². The molecule has 18 heavy (non-hydrogen) atoms. The molecule has 4 unspecified atom stereocenters. The summed E-state index contributed by atoms with van der Waals surface area (Å²) in [7, 11) is 0. The van der Waals surface area contributed by atoms with Crippen molar-refractivity contribution in [2.24, 2.45) is 17.6 Å². The van der Waals surface area contributed by atoms with Crippen molar-refractivity contribution in [2.45, 2.75) is 46.2 Å². The topological polar surface area (TPSA) is 29.3 Å². The van der Waals surface area contributed by atoms with Crippen molar-refractivity contribution in [3.63, 3.8) is 0 Å². The van der Waals surface area contributed by atoms with Gasteiger partial charge in [-0.15, -0.1) is 0 Å². The zero-order valence-corrected chi connectivity index (χ0v) is 12.1. The average molecular weight is 246 g/mol. The number of hydrogen-bond donors (Lipinski definition) is 1. The Hall–Kier alpha value is -1.02. The van der Waals surface area contributed by atoms with Crippen LogP contribution in [0.4, 0.5) is 5.69 Å². The van der Waals surface area contributed by atoms with Crippen LogP contribution in [0.5, 0.6) is 0 Å². The first-order valence-electron chi connectivity index (χ1n) is 7.11. The maximum atomic E-state index is 5.90. The minimum Gasteiger partial charge on any atom is -0.368 e. The summed E-state index contributed by atoms with van der Waals surface area (Å²) in [6.45, 7) is 10.3. The molecule has 1 fully saturated rings. The molecule has 1 heterocycles. The highest BCUT2D eigenvalue weighted by molar-refractivity contribution is 5.49. The molecule has 1 aromatic carbocycles. The first kappa shape index (κ1) is 13.4. The van der Waals surface area contributed by atoms with Crippen molar-refractivity contribution in [3.8, 4) is 0 Å². The lowest BCUT2D eigenvalue weighted by Crippen LogP contribution is -2.45. The molecule has 2 rings (SSSR count). The molecule has 0 spiro atoms. The van der Waals surface area contributed by atoms with Gasteiger partial charge in [0.15, 0.2) is 0 Å². The minimum absolute atomic E-state index is 0.121. The molecule has 1 aliphatic heterocycles. The normalized spacial score (nSPS) is 30.3. The standard InChI is InChI=1S/C16H26N2/c1-11-9-12(2)14(4)18(10-11)16-7-5-15(6-8-16)13(3)17/h5-8,11-14H,9-10,17H2,1-4H3. The summed E-state index contributed by atoms with van der Waals surface area (Å²) in [4.78, 5) is 2.55. The van der Waals surface area contributed by atoms with E-state index in [9.17, 15) is 0 Å². The molecule has 2 heteroatoms. The lowest BCUT2D eigenvalue weighted by Gasteiger charge is -2.42. The van der Waals surface area contributed by atoms with Crippen molar-refractivity contribution in [1.82, 2.24) is 0 Å². The SMILES string of the molecule is CC1CC(C)C(C)N(c2ccc(C(C)N)cc2)C1. The number of piperidine rings is 1. The van der Waals surface area contributed by atoms with Gasteiger partial charge in [0.25, 0.3) is 0 Å². The molecule has 0 aromatic heterocycles. The Morgan fingerprint density at radius 1 is 1.17 bits per heavy atom. The van der Waals surface area contributed by atoms with Crippen LogP contribution in [0.2, 0.25) is 0 Å². The molecular formula is C16H26N2. The second-order valence-corrected chi connectivity index (χ2v) is 6.09. The number of anilines is 1. The smallest absolute Gasteiger partial charge is 0.0369 e. The Kier molecular flexibility index (Phi) is 3.96. The van der Waals surface area contributed by atoms with Gasteiger partial charge in [-0.05, 0) is 49.8 Å². The van der Waals surface area contributed by atoms with Gasteiger partial charge < -0.3 is 10.6 Å². The molecule has 0 aliphatic carbocycles. The van der Waals surface area contributed by atoms with Crippen LogP contribution < -0.4 is 10.6 Å². The van der Waals surface area contributed by atoms with Crippen LogP contribution in [0.3, 0.4) is 0 Å². The number of benzene rings is 1. The molecule has 2 N–H and O–H groups in total. The molecular weight excluding hydrogens is 220 g/mol. The molecule has 1 saturated heterocycles. The lowest BCUT2D eigenvalue weighted by molar-refractivity contribution is 0.297. The van der Waals surface area contributed by atoms with Crippen LogP contribution in [0.1, 0.15) is 45.7 Å². The zero-order valence-electron chi connectivity index (χ0n) is 12.1. The van der Waals surface area contributed by atoms with Crippen molar-refractivity contribution in [3.05, 3.63) is 29.8 Å². The van der Waals surface area contributed by atoms with E-state index in [2.05, 4.69) is 49.9 Å². The third-order valence-corrected chi connectivity index (χ3v) is 4.35.